The molecule has 1 heterocycles. The molecule has 0 amide bonds. The fourth-order valence-corrected chi connectivity index (χ4v) is 0.983. The van der Waals surface area contributed by atoms with Gasteiger partial charge in [0.15, 0.2) is 5.78 Å². The van der Waals surface area contributed by atoms with Crippen LogP contribution in [0.1, 0.15) is 6.42 Å². The first-order chi connectivity index (χ1) is 5.25. The van der Waals surface area contributed by atoms with Crippen LogP contribution in [0.3, 0.4) is 0 Å². The Bertz CT molecular complexity index is 167. The Hall–Kier alpha value is -0.900. The summed E-state index contributed by atoms with van der Waals surface area (Å²) >= 11 is 0. The van der Waals surface area contributed by atoms with Gasteiger partial charge in [0.1, 0.15) is 5.92 Å². The molecular weight excluding hydrogens is 148 g/mol. The highest BCUT2D eigenvalue weighted by Gasteiger charge is 2.30. The van der Waals surface area contributed by atoms with Gasteiger partial charge in [-0.2, -0.15) is 0 Å². The van der Waals surface area contributed by atoms with Crippen LogP contribution in [0.15, 0.2) is 0 Å². The van der Waals surface area contributed by atoms with E-state index in [0.29, 0.717) is 13.0 Å². The van der Waals surface area contributed by atoms with Crippen molar-refractivity contribution in [3.05, 3.63) is 0 Å². The van der Waals surface area contributed by atoms with Crippen molar-refractivity contribution in [3.63, 3.8) is 0 Å². The molecule has 1 rings (SSSR count). The second kappa shape index (κ2) is 3.48. The molecule has 4 nitrogen and oxygen atoms in total. The Morgan fingerprint density at radius 1 is 1.73 bits per heavy atom. The van der Waals surface area contributed by atoms with E-state index >= 15 is 0 Å². The fourth-order valence-electron chi connectivity index (χ4n) is 0.983. The quantitative estimate of drug-likeness (QED) is 0.390. The molecule has 0 spiro atoms. The molecule has 0 aliphatic carbocycles. The second-order valence-corrected chi connectivity index (χ2v) is 2.37. The Morgan fingerprint density at radius 3 is 3.00 bits per heavy atom. The summed E-state index contributed by atoms with van der Waals surface area (Å²) in [6.45, 7) is 0.595. The van der Waals surface area contributed by atoms with Crippen molar-refractivity contribution in [1.82, 2.24) is 0 Å². The van der Waals surface area contributed by atoms with Gasteiger partial charge in [-0.15, -0.1) is 0 Å². The number of hydrogen-bond donors (Lipinski definition) is 0. The molecule has 0 aromatic rings. The van der Waals surface area contributed by atoms with E-state index in [1.165, 1.54) is 7.11 Å². The number of carbonyl (C=O) groups excluding carboxylic acids is 2. The molecule has 11 heavy (non-hydrogen) atoms. The maximum Gasteiger partial charge on any atom is 0.318 e. The third-order valence-electron chi connectivity index (χ3n) is 1.65. The molecule has 62 valence electrons. The average Bonchev–Trinajstić information content (AvgIpc) is 2.04. The molecule has 1 saturated heterocycles. The molecule has 0 aromatic heterocycles. The van der Waals surface area contributed by atoms with E-state index in [4.69, 9.17) is 4.74 Å². The summed E-state index contributed by atoms with van der Waals surface area (Å²) in [6.07, 6.45) is 0.319. The van der Waals surface area contributed by atoms with E-state index in [1.807, 2.05) is 0 Å². The molecule has 0 aromatic carbocycles. The maximum atomic E-state index is 11.0. The molecule has 0 unspecified atom stereocenters. The predicted octanol–water partition coefficient (Wildman–Crippen LogP) is -0.235. The Labute approximate surface area is 64.5 Å². The number of hydrogen-bond acceptors (Lipinski definition) is 4. The predicted molar refractivity (Wildman–Crippen MR) is 35.9 cm³/mol. The van der Waals surface area contributed by atoms with Crippen molar-refractivity contribution >= 4 is 11.8 Å². The van der Waals surface area contributed by atoms with Crippen molar-refractivity contribution in [3.8, 4) is 0 Å². The minimum absolute atomic E-state index is 0.0805. The molecule has 0 saturated carbocycles. The van der Waals surface area contributed by atoms with Gasteiger partial charge in [-0.3, -0.25) is 9.59 Å². The van der Waals surface area contributed by atoms with Crippen molar-refractivity contribution in [1.29, 1.82) is 0 Å². The zero-order valence-corrected chi connectivity index (χ0v) is 6.33. The number of carbonyl (C=O) groups is 2. The Morgan fingerprint density at radius 2 is 2.45 bits per heavy atom. The summed E-state index contributed by atoms with van der Waals surface area (Å²) in [5.74, 6) is -1.26. The largest absolute Gasteiger partial charge is 0.468 e. The summed E-state index contributed by atoms with van der Waals surface area (Å²) in [7, 11) is 1.27. The van der Waals surface area contributed by atoms with Crippen LogP contribution in [0.2, 0.25) is 0 Å². The minimum Gasteiger partial charge on any atom is -0.468 e. The van der Waals surface area contributed by atoms with Gasteiger partial charge >= 0.3 is 5.97 Å². The van der Waals surface area contributed by atoms with Gasteiger partial charge < -0.3 is 9.47 Å². The molecule has 0 radical (unpaired) electrons. The summed E-state index contributed by atoms with van der Waals surface area (Å²) in [4.78, 5) is 21.9. The van der Waals surface area contributed by atoms with E-state index in [-0.39, 0.29) is 12.4 Å². The summed E-state index contributed by atoms with van der Waals surface area (Å²) < 4.78 is 9.37. The topological polar surface area (TPSA) is 52.6 Å². The zero-order valence-electron chi connectivity index (χ0n) is 6.33. The van der Waals surface area contributed by atoms with Crippen molar-refractivity contribution in [2.75, 3.05) is 20.3 Å². The van der Waals surface area contributed by atoms with Gasteiger partial charge in [-0.05, 0) is 0 Å². The standard InChI is InChI=1S/C7H10O4/c1-10-7(9)5-4-11-3-2-6(5)8/h5H,2-4H2,1H3/t5-/m0/s1. The number of Topliss-reactive ketones (excluding diaryl/α,β-unsaturated/α-hetero) is 1. The van der Waals surface area contributed by atoms with Gasteiger partial charge in [0.2, 0.25) is 0 Å². The molecule has 0 N–H and O–H groups in total. The first-order valence-electron chi connectivity index (χ1n) is 3.44. The maximum absolute atomic E-state index is 11.0. The second-order valence-electron chi connectivity index (χ2n) is 2.37. The number of esters is 1. The highest BCUT2D eigenvalue weighted by atomic mass is 16.5. The van der Waals surface area contributed by atoms with Gasteiger partial charge in [0, 0.05) is 6.42 Å². The summed E-state index contributed by atoms with van der Waals surface area (Å²) in [5, 5.41) is 0. The van der Waals surface area contributed by atoms with Crippen molar-refractivity contribution < 1.29 is 19.1 Å². The number of ether oxygens (including phenoxy) is 2. The van der Waals surface area contributed by atoms with Crippen LogP contribution in [0.5, 0.6) is 0 Å². The van der Waals surface area contributed by atoms with E-state index in [0.717, 1.165) is 0 Å². The molecule has 1 fully saturated rings. The van der Waals surface area contributed by atoms with Crippen LogP contribution in [0, 0.1) is 5.92 Å². The van der Waals surface area contributed by atoms with Crippen molar-refractivity contribution in [2.45, 2.75) is 6.42 Å². The first-order valence-corrected chi connectivity index (χ1v) is 3.44. The van der Waals surface area contributed by atoms with Gasteiger partial charge in [0.05, 0.1) is 20.3 Å². The molecule has 4 heteroatoms. The lowest BCUT2D eigenvalue weighted by Gasteiger charge is -2.18. The summed E-state index contributed by atoms with van der Waals surface area (Å²) in [5.41, 5.74) is 0. The fraction of sp³-hybridized carbons (Fsp3) is 0.714. The lowest BCUT2D eigenvalue weighted by molar-refractivity contribution is -0.155. The third-order valence-corrected chi connectivity index (χ3v) is 1.65. The first kappa shape index (κ1) is 8.20. The van der Waals surface area contributed by atoms with Crippen LogP contribution in [0.4, 0.5) is 0 Å². The van der Waals surface area contributed by atoms with Crippen LogP contribution < -0.4 is 0 Å². The molecule has 1 aliphatic rings. The lowest BCUT2D eigenvalue weighted by atomic mass is 10.0. The lowest BCUT2D eigenvalue weighted by Crippen LogP contribution is -2.34. The third kappa shape index (κ3) is 1.77. The van der Waals surface area contributed by atoms with Gasteiger partial charge in [-0.1, -0.05) is 0 Å². The van der Waals surface area contributed by atoms with Crippen LogP contribution >= 0.6 is 0 Å². The highest BCUT2D eigenvalue weighted by molar-refractivity contribution is 5.99. The van der Waals surface area contributed by atoms with Crippen LogP contribution in [0.25, 0.3) is 0 Å². The van der Waals surface area contributed by atoms with E-state index in [9.17, 15) is 9.59 Å². The van der Waals surface area contributed by atoms with Crippen molar-refractivity contribution in [2.24, 2.45) is 5.92 Å². The van der Waals surface area contributed by atoms with Gasteiger partial charge in [-0.25, -0.2) is 0 Å². The number of rotatable bonds is 1. The summed E-state index contributed by atoms with van der Waals surface area (Å²) in [6, 6.07) is 0. The van der Waals surface area contributed by atoms with Gasteiger partial charge in [0.25, 0.3) is 0 Å². The van der Waals surface area contributed by atoms with Crippen LogP contribution in [-0.4, -0.2) is 32.1 Å². The van der Waals surface area contributed by atoms with Crippen LogP contribution in [-0.2, 0) is 19.1 Å². The zero-order chi connectivity index (χ0) is 8.27. The monoisotopic (exact) mass is 158 g/mol. The number of ketones is 1. The molecular formula is C7H10O4. The normalized spacial score (nSPS) is 24.8. The molecule has 1 aliphatic heterocycles. The number of methoxy groups -OCH3 is 1. The smallest absolute Gasteiger partial charge is 0.318 e. The minimum atomic E-state index is -0.686. The molecule has 1 atom stereocenters. The molecule has 0 bridgehead atoms. The average molecular weight is 158 g/mol. The Balaban J connectivity index is 2.54. The van der Waals surface area contributed by atoms with E-state index < -0.39 is 11.9 Å². The Kier molecular flexibility index (Phi) is 2.59. The van der Waals surface area contributed by atoms with E-state index in [2.05, 4.69) is 4.74 Å². The highest BCUT2D eigenvalue weighted by Crippen LogP contribution is 2.10. The SMILES string of the molecule is COC(=O)[C@H]1COCCC1=O. The van der Waals surface area contributed by atoms with E-state index in [1.54, 1.807) is 0 Å².